The number of aliphatic hydroxyl groups excluding tert-OH is 1. The van der Waals surface area contributed by atoms with Gasteiger partial charge in [0, 0.05) is 31.8 Å². The third-order valence-electron chi connectivity index (χ3n) is 7.27. The van der Waals surface area contributed by atoms with Gasteiger partial charge in [-0.05, 0) is 30.2 Å². The molecular weight excluding hydrogens is 454 g/mol. The molecule has 3 aromatic rings. The maximum Gasteiger partial charge on any atom is 0.345 e. The van der Waals surface area contributed by atoms with E-state index in [1.165, 1.54) is 7.11 Å². The summed E-state index contributed by atoms with van der Waals surface area (Å²) in [6.07, 6.45) is 0. The summed E-state index contributed by atoms with van der Waals surface area (Å²) in [7, 11) is 1.28. The topological polar surface area (TPSA) is 85.3 Å². The molecule has 34 heavy (non-hydrogen) atoms. The Morgan fingerprint density at radius 2 is 2.00 bits per heavy atom. The van der Waals surface area contributed by atoms with Gasteiger partial charge in [0.1, 0.15) is 12.4 Å². The fourth-order valence-corrected chi connectivity index (χ4v) is 6.69. The molecule has 2 aliphatic heterocycles. The Bertz CT molecular complexity index is 1330. The number of β-lactam (4-membered cyclic amide) rings is 1. The van der Waals surface area contributed by atoms with Gasteiger partial charge in [0.15, 0.2) is 0 Å². The number of allylic oxidation sites excluding steroid dienone is 1. The van der Waals surface area contributed by atoms with Crippen LogP contribution >= 0.6 is 11.3 Å². The molecule has 2 aliphatic rings. The van der Waals surface area contributed by atoms with Gasteiger partial charge >= 0.3 is 5.97 Å². The third kappa shape index (κ3) is 3.32. The van der Waals surface area contributed by atoms with Crippen molar-refractivity contribution in [2.45, 2.75) is 33.4 Å². The average Bonchev–Trinajstić information content (AvgIpc) is 3.30. The number of amides is 1. The Morgan fingerprint density at radius 3 is 2.74 bits per heavy atom. The molecular formula is C26H27NO6S. The molecule has 1 N–H and O–H groups in total. The van der Waals surface area contributed by atoms with Crippen molar-refractivity contribution in [3.05, 3.63) is 53.2 Å². The van der Waals surface area contributed by atoms with E-state index < -0.39 is 17.8 Å². The molecule has 3 heterocycles. The van der Waals surface area contributed by atoms with Crippen molar-refractivity contribution in [2.75, 3.05) is 13.7 Å². The van der Waals surface area contributed by atoms with Crippen LogP contribution < -0.4 is 4.74 Å². The smallest absolute Gasteiger partial charge is 0.345 e. The molecule has 3 unspecified atom stereocenters. The number of rotatable bonds is 7. The summed E-state index contributed by atoms with van der Waals surface area (Å²) < 4.78 is 8.53. The molecule has 1 fully saturated rings. The van der Waals surface area contributed by atoms with Crippen LogP contribution in [0.1, 0.15) is 26.3 Å². The molecule has 4 atom stereocenters. The molecule has 0 radical (unpaired) electrons. The van der Waals surface area contributed by atoms with Gasteiger partial charge in [-0.25, -0.2) is 4.79 Å². The van der Waals surface area contributed by atoms with Crippen LogP contribution in [0, 0.1) is 17.8 Å². The fourth-order valence-electron chi connectivity index (χ4n) is 5.47. The number of benzene rings is 2. The predicted molar refractivity (Wildman–Crippen MR) is 129 cm³/mol. The lowest BCUT2D eigenvalue weighted by Crippen LogP contribution is -2.62. The first-order chi connectivity index (χ1) is 16.4. The van der Waals surface area contributed by atoms with E-state index in [4.69, 9.17) is 4.74 Å². The first-order valence-electron chi connectivity index (χ1n) is 11.3. The Hall–Kier alpha value is -2.94. The summed E-state index contributed by atoms with van der Waals surface area (Å²) in [5.41, 5.74) is 2.86. The van der Waals surface area contributed by atoms with Gasteiger partial charge in [-0.2, -0.15) is 4.89 Å². The number of thiophene rings is 1. The van der Waals surface area contributed by atoms with E-state index in [-0.39, 0.29) is 24.5 Å². The summed E-state index contributed by atoms with van der Waals surface area (Å²) in [5.74, 6) is -0.789. The van der Waals surface area contributed by atoms with Crippen molar-refractivity contribution in [2.24, 2.45) is 17.8 Å². The van der Waals surface area contributed by atoms with Crippen molar-refractivity contribution in [1.29, 1.82) is 0 Å². The second kappa shape index (κ2) is 8.69. The maximum atomic E-state index is 12.9. The second-order valence-electron chi connectivity index (χ2n) is 8.95. The number of nitrogens with zero attached hydrogens (tertiary/aromatic N) is 1. The lowest BCUT2D eigenvalue weighted by atomic mass is 9.74. The number of fused-ring (bicyclic) bond motifs is 4. The van der Waals surface area contributed by atoms with E-state index >= 15 is 0 Å². The molecule has 5 rings (SSSR count). The lowest BCUT2D eigenvalue weighted by Gasteiger charge is -2.47. The van der Waals surface area contributed by atoms with E-state index in [1.54, 1.807) is 23.2 Å². The Kier molecular flexibility index (Phi) is 5.83. The van der Waals surface area contributed by atoms with Crippen LogP contribution in [0.5, 0.6) is 5.75 Å². The van der Waals surface area contributed by atoms with Crippen molar-refractivity contribution in [3.63, 3.8) is 0 Å². The molecule has 2 aromatic carbocycles. The molecule has 1 aromatic heterocycles. The van der Waals surface area contributed by atoms with Crippen LogP contribution in [0.25, 0.3) is 20.2 Å². The number of ether oxygens (including phenoxy) is 1. The van der Waals surface area contributed by atoms with Gasteiger partial charge in [0.2, 0.25) is 5.91 Å². The minimum atomic E-state index is -0.587. The van der Waals surface area contributed by atoms with Crippen LogP contribution in [-0.2, 0) is 26.0 Å². The number of aliphatic hydroxyl groups is 1. The van der Waals surface area contributed by atoms with Crippen molar-refractivity contribution in [1.82, 2.24) is 4.90 Å². The summed E-state index contributed by atoms with van der Waals surface area (Å²) in [5, 5.41) is 11.8. The Labute approximate surface area is 201 Å². The van der Waals surface area contributed by atoms with Crippen LogP contribution in [0.4, 0.5) is 0 Å². The molecule has 0 aliphatic carbocycles. The minimum absolute atomic E-state index is 0.00723. The third-order valence-corrected chi connectivity index (χ3v) is 8.52. The van der Waals surface area contributed by atoms with Crippen LogP contribution in [0.3, 0.4) is 0 Å². The second-order valence-corrected chi connectivity index (χ2v) is 10.0. The fraction of sp³-hybridized carbons (Fsp3) is 0.385. The van der Waals surface area contributed by atoms with Crippen LogP contribution in [-0.4, -0.2) is 41.6 Å². The quantitative estimate of drug-likeness (QED) is 0.306. The van der Waals surface area contributed by atoms with Gasteiger partial charge < -0.3 is 14.7 Å². The standard InChI is InChI=1S/C26H27NO6S/c1-13-18(15(3)27-23(13)21(25(27)29)14(2)26(30)33-31-4)12-32-19-9-6-10-20-22(19)17-8-5-7-16(11-28)24(17)34-20/h5-10,13-14,21,23,28H,11-12H2,1-4H3/t13-,14?,21?,23?/m0/s1. The molecule has 0 spiro atoms. The first-order valence-corrected chi connectivity index (χ1v) is 12.1. The normalized spacial score (nSPS) is 22.8. The van der Waals surface area contributed by atoms with E-state index in [9.17, 15) is 14.7 Å². The van der Waals surface area contributed by atoms with Gasteiger partial charge in [-0.1, -0.05) is 38.1 Å². The number of hydrogen-bond donors (Lipinski definition) is 1. The zero-order valence-electron chi connectivity index (χ0n) is 19.5. The summed E-state index contributed by atoms with van der Waals surface area (Å²) in [6.45, 7) is 6.07. The molecule has 1 amide bonds. The monoisotopic (exact) mass is 481 g/mol. The van der Waals surface area contributed by atoms with Crippen molar-refractivity contribution < 1.29 is 29.2 Å². The SMILES string of the molecule is COOC(=O)C(C)C1C(=O)N2C(C)=C(COc3cccc4sc5c(CO)cccc5c34)[C@H](C)C12. The minimum Gasteiger partial charge on any atom is -0.488 e. The molecule has 0 bridgehead atoms. The summed E-state index contributed by atoms with van der Waals surface area (Å²) in [6, 6.07) is 11.9. The molecule has 1 saturated heterocycles. The average molecular weight is 482 g/mol. The van der Waals surface area contributed by atoms with Gasteiger partial charge in [0.25, 0.3) is 0 Å². The zero-order chi connectivity index (χ0) is 24.1. The zero-order valence-corrected chi connectivity index (χ0v) is 20.3. The van der Waals surface area contributed by atoms with Crippen LogP contribution in [0.15, 0.2) is 47.7 Å². The molecule has 8 heteroatoms. The maximum absolute atomic E-state index is 12.9. The highest BCUT2D eigenvalue weighted by molar-refractivity contribution is 7.26. The highest BCUT2D eigenvalue weighted by atomic mass is 32.1. The van der Waals surface area contributed by atoms with E-state index in [0.29, 0.717) is 6.61 Å². The van der Waals surface area contributed by atoms with E-state index in [1.807, 2.05) is 31.2 Å². The number of carbonyl (C=O) groups is 2. The van der Waals surface area contributed by atoms with Crippen molar-refractivity contribution in [3.8, 4) is 5.75 Å². The molecule has 0 saturated carbocycles. The number of carbonyl (C=O) groups excluding carboxylic acids is 2. The molecule has 178 valence electrons. The lowest BCUT2D eigenvalue weighted by molar-refractivity contribution is -0.261. The highest BCUT2D eigenvalue weighted by Crippen LogP contribution is 2.49. The molecule has 7 nitrogen and oxygen atoms in total. The van der Waals surface area contributed by atoms with Crippen molar-refractivity contribution >= 4 is 43.4 Å². The van der Waals surface area contributed by atoms with Crippen LogP contribution in [0.2, 0.25) is 0 Å². The first kappa shape index (κ1) is 22.8. The summed E-state index contributed by atoms with van der Waals surface area (Å²) in [4.78, 5) is 36.0. The number of hydrogen-bond acceptors (Lipinski definition) is 7. The predicted octanol–water partition coefficient (Wildman–Crippen LogP) is 4.42. The van der Waals surface area contributed by atoms with E-state index in [2.05, 4.69) is 28.8 Å². The largest absolute Gasteiger partial charge is 0.488 e. The van der Waals surface area contributed by atoms with Gasteiger partial charge in [-0.3, -0.25) is 9.68 Å². The Balaban J connectivity index is 1.41. The van der Waals surface area contributed by atoms with Gasteiger partial charge in [0.05, 0.1) is 31.6 Å². The highest BCUT2D eigenvalue weighted by Gasteiger charge is 2.59. The Morgan fingerprint density at radius 1 is 1.24 bits per heavy atom. The van der Waals surface area contributed by atoms with Gasteiger partial charge in [-0.15, -0.1) is 11.3 Å². The summed E-state index contributed by atoms with van der Waals surface area (Å²) >= 11 is 1.65. The van der Waals surface area contributed by atoms with E-state index in [0.717, 1.165) is 42.8 Å².